The third kappa shape index (κ3) is 4.31. The number of rotatable bonds is 7. The molecule has 148 valence electrons. The number of fused-ring (bicyclic) bond motifs is 1. The first-order valence-corrected chi connectivity index (χ1v) is 10.2. The van der Waals surface area contributed by atoms with Gasteiger partial charge in [-0.3, -0.25) is 4.79 Å². The topological polar surface area (TPSA) is 93.0 Å². The van der Waals surface area contributed by atoms with Crippen LogP contribution in [-0.4, -0.2) is 83.5 Å². The molecule has 2 aromatic heterocycles. The van der Waals surface area contributed by atoms with E-state index in [1.54, 1.807) is 18.3 Å². The lowest BCUT2D eigenvalue weighted by atomic mass is 10.3. The molecule has 1 amide bonds. The van der Waals surface area contributed by atoms with Gasteiger partial charge >= 0.3 is 0 Å². The molecule has 3 rings (SSSR count). The average molecular weight is 394 g/mol. The van der Waals surface area contributed by atoms with Crippen molar-refractivity contribution in [1.82, 2.24) is 14.9 Å². The highest BCUT2D eigenvalue weighted by molar-refractivity contribution is 7.18. The van der Waals surface area contributed by atoms with Crippen LogP contribution in [0.2, 0.25) is 0 Å². The molecule has 1 saturated heterocycles. The largest absolute Gasteiger partial charge is 0.395 e. The molecule has 3 heterocycles. The minimum Gasteiger partial charge on any atom is -0.395 e. The number of anilines is 2. The number of aliphatic hydroxyl groups excluding tert-OH is 2. The molecule has 0 unspecified atom stereocenters. The molecule has 1 aliphatic heterocycles. The van der Waals surface area contributed by atoms with Crippen LogP contribution >= 0.6 is 11.3 Å². The fraction of sp³-hybridized carbons (Fsp3) is 0.611. The zero-order valence-corrected chi connectivity index (χ0v) is 16.7. The highest BCUT2D eigenvalue weighted by Crippen LogP contribution is 2.33. The summed E-state index contributed by atoms with van der Waals surface area (Å²) in [5.41, 5.74) is 0. The number of amides is 1. The number of carbonyl (C=O) groups is 1. The first-order valence-electron chi connectivity index (χ1n) is 9.35. The minimum atomic E-state index is -0.0110. The summed E-state index contributed by atoms with van der Waals surface area (Å²) in [5, 5.41) is 19.8. The third-order valence-corrected chi connectivity index (χ3v) is 5.98. The zero-order chi connectivity index (χ0) is 19.4. The third-order valence-electron chi connectivity index (χ3n) is 4.81. The van der Waals surface area contributed by atoms with E-state index in [1.165, 1.54) is 4.88 Å². The molecule has 0 spiro atoms. The summed E-state index contributed by atoms with van der Waals surface area (Å²) in [7, 11) is 0. The lowest BCUT2D eigenvalue weighted by Gasteiger charge is -2.34. The Hall–Kier alpha value is -1.97. The highest BCUT2D eigenvalue weighted by atomic mass is 32.1. The Balaban J connectivity index is 1.97. The van der Waals surface area contributed by atoms with Crippen LogP contribution in [0.1, 0.15) is 18.7 Å². The minimum absolute atomic E-state index is 0.0110. The zero-order valence-electron chi connectivity index (χ0n) is 15.9. The quantitative estimate of drug-likeness (QED) is 0.716. The first-order chi connectivity index (χ1) is 13.1. The summed E-state index contributed by atoms with van der Waals surface area (Å²) in [6.07, 6.45) is 0.924. The molecule has 8 nitrogen and oxygen atoms in total. The van der Waals surface area contributed by atoms with Crippen molar-refractivity contribution in [1.29, 1.82) is 0 Å². The van der Waals surface area contributed by atoms with Gasteiger partial charge in [-0.25, -0.2) is 4.98 Å². The average Bonchev–Trinajstić information content (AvgIpc) is 3.10. The number of piperazine rings is 1. The Morgan fingerprint density at radius 3 is 2.41 bits per heavy atom. The second-order valence-corrected chi connectivity index (χ2v) is 7.67. The van der Waals surface area contributed by atoms with Gasteiger partial charge in [0.2, 0.25) is 11.9 Å². The summed E-state index contributed by atoms with van der Waals surface area (Å²) in [4.78, 5) is 29.1. The van der Waals surface area contributed by atoms with Crippen molar-refractivity contribution in [2.24, 2.45) is 0 Å². The van der Waals surface area contributed by atoms with Crippen molar-refractivity contribution in [2.45, 2.75) is 20.3 Å². The number of nitrogens with zero attached hydrogens (tertiary/aromatic N) is 5. The van der Waals surface area contributed by atoms with Crippen LogP contribution in [0, 0.1) is 0 Å². The summed E-state index contributed by atoms with van der Waals surface area (Å²) in [6.45, 7) is 7.19. The number of thiophene rings is 1. The summed E-state index contributed by atoms with van der Waals surface area (Å²) in [5.74, 6) is 1.49. The molecular formula is C18H27N5O3S. The molecule has 1 fully saturated rings. The van der Waals surface area contributed by atoms with Gasteiger partial charge in [0.15, 0.2) is 0 Å². The fourth-order valence-electron chi connectivity index (χ4n) is 3.29. The Bertz CT molecular complexity index is 783. The van der Waals surface area contributed by atoms with E-state index in [0.717, 1.165) is 22.5 Å². The molecule has 0 aromatic carbocycles. The number of carbonyl (C=O) groups excluding carboxylic acids is 1. The number of aliphatic hydroxyl groups is 2. The SMILES string of the molecule is CCc1cc2c(N(CCO)CCO)nc(N3CCN(C(C)=O)CC3)nc2s1. The van der Waals surface area contributed by atoms with Crippen molar-refractivity contribution in [2.75, 3.05) is 62.3 Å². The van der Waals surface area contributed by atoms with Gasteiger partial charge in [0.05, 0.1) is 18.6 Å². The number of hydrogen-bond donors (Lipinski definition) is 2. The maximum absolute atomic E-state index is 11.6. The second kappa shape index (κ2) is 8.81. The van der Waals surface area contributed by atoms with Crippen molar-refractivity contribution in [3.8, 4) is 0 Å². The van der Waals surface area contributed by atoms with Crippen molar-refractivity contribution < 1.29 is 15.0 Å². The second-order valence-electron chi connectivity index (χ2n) is 6.56. The van der Waals surface area contributed by atoms with Gasteiger partial charge in [0, 0.05) is 51.1 Å². The Labute approximate surface area is 163 Å². The van der Waals surface area contributed by atoms with Gasteiger partial charge < -0.3 is 24.9 Å². The molecule has 0 radical (unpaired) electrons. The van der Waals surface area contributed by atoms with Gasteiger partial charge in [0.1, 0.15) is 10.6 Å². The lowest BCUT2D eigenvalue weighted by molar-refractivity contribution is -0.129. The van der Waals surface area contributed by atoms with Gasteiger partial charge in [-0.2, -0.15) is 4.98 Å². The molecule has 27 heavy (non-hydrogen) atoms. The van der Waals surface area contributed by atoms with Gasteiger partial charge in [0.25, 0.3) is 0 Å². The van der Waals surface area contributed by atoms with Crippen molar-refractivity contribution in [3.05, 3.63) is 10.9 Å². The maximum atomic E-state index is 11.6. The maximum Gasteiger partial charge on any atom is 0.228 e. The molecule has 0 aliphatic carbocycles. The van der Waals surface area contributed by atoms with Crippen molar-refractivity contribution in [3.63, 3.8) is 0 Å². The molecule has 9 heteroatoms. The van der Waals surface area contributed by atoms with Crippen LogP contribution in [0.3, 0.4) is 0 Å². The van der Waals surface area contributed by atoms with E-state index in [1.807, 2.05) is 9.80 Å². The van der Waals surface area contributed by atoms with E-state index >= 15 is 0 Å². The van der Waals surface area contributed by atoms with Crippen LogP contribution in [0.5, 0.6) is 0 Å². The lowest BCUT2D eigenvalue weighted by Crippen LogP contribution is -2.48. The van der Waals surface area contributed by atoms with Crippen LogP contribution in [0.25, 0.3) is 10.2 Å². The smallest absolute Gasteiger partial charge is 0.228 e. The Morgan fingerprint density at radius 2 is 1.85 bits per heavy atom. The highest BCUT2D eigenvalue weighted by Gasteiger charge is 2.23. The van der Waals surface area contributed by atoms with Crippen LogP contribution in [0.15, 0.2) is 6.07 Å². The van der Waals surface area contributed by atoms with E-state index in [4.69, 9.17) is 9.97 Å². The number of hydrogen-bond acceptors (Lipinski definition) is 8. The predicted octanol–water partition coefficient (Wildman–Crippen LogP) is 0.713. The summed E-state index contributed by atoms with van der Waals surface area (Å²) in [6, 6.07) is 2.11. The van der Waals surface area contributed by atoms with Crippen molar-refractivity contribution >= 4 is 39.2 Å². The summed E-state index contributed by atoms with van der Waals surface area (Å²) < 4.78 is 0. The first kappa shape index (κ1) is 19.8. The fourth-order valence-corrected chi connectivity index (χ4v) is 4.25. The normalized spacial score (nSPS) is 14.8. The number of aromatic nitrogens is 2. The van der Waals surface area contributed by atoms with Crippen LogP contribution < -0.4 is 9.80 Å². The molecule has 1 aliphatic rings. The van der Waals surface area contributed by atoms with Gasteiger partial charge in [-0.15, -0.1) is 11.3 Å². The molecular weight excluding hydrogens is 366 g/mol. The van der Waals surface area contributed by atoms with Crippen LogP contribution in [0.4, 0.5) is 11.8 Å². The Morgan fingerprint density at radius 1 is 1.19 bits per heavy atom. The van der Waals surface area contributed by atoms with E-state index in [-0.39, 0.29) is 19.1 Å². The van der Waals surface area contributed by atoms with E-state index < -0.39 is 0 Å². The van der Waals surface area contributed by atoms with E-state index in [0.29, 0.717) is 45.2 Å². The monoisotopic (exact) mass is 393 g/mol. The summed E-state index contributed by atoms with van der Waals surface area (Å²) >= 11 is 1.65. The molecule has 0 bridgehead atoms. The molecule has 0 atom stereocenters. The van der Waals surface area contributed by atoms with Gasteiger partial charge in [-0.1, -0.05) is 6.92 Å². The Kier molecular flexibility index (Phi) is 6.46. The standard InChI is InChI=1S/C18H27N5O3S/c1-3-14-12-15-16(22(8-10-24)9-11-25)19-18(20-17(15)27-14)23-6-4-21(5-7-23)13(2)26/h12,24-25H,3-11H2,1-2H3. The molecule has 0 saturated carbocycles. The van der Waals surface area contributed by atoms with E-state index in [2.05, 4.69) is 17.9 Å². The van der Waals surface area contributed by atoms with Gasteiger partial charge in [-0.05, 0) is 12.5 Å². The molecule has 2 N–H and O–H groups in total. The predicted molar refractivity (Wildman–Crippen MR) is 108 cm³/mol. The van der Waals surface area contributed by atoms with E-state index in [9.17, 15) is 15.0 Å². The molecule has 2 aromatic rings. The number of aryl methyl sites for hydroxylation is 1. The van der Waals surface area contributed by atoms with Crippen LogP contribution in [-0.2, 0) is 11.2 Å².